The lowest BCUT2D eigenvalue weighted by molar-refractivity contribution is -0.118. The summed E-state index contributed by atoms with van der Waals surface area (Å²) in [5, 5.41) is 3.99. The predicted molar refractivity (Wildman–Crippen MR) is 107 cm³/mol. The van der Waals surface area contributed by atoms with Crippen LogP contribution in [0.4, 0.5) is 0 Å². The van der Waals surface area contributed by atoms with Gasteiger partial charge in [-0.2, -0.15) is 5.10 Å². The standard InChI is InChI=1S/C20H24N2O3S/c1-14-7-15(2)9-17(8-14)12-26-13-20(23)22-21-11-16-5-6-18(24-3)19(10-16)25-4/h5-11H,12-13H2,1-4H3,(H,22,23)/b21-11-. The van der Waals surface area contributed by atoms with Gasteiger partial charge in [0.05, 0.1) is 26.2 Å². The van der Waals surface area contributed by atoms with Crippen LogP contribution < -0.4 is 14.9 Å². The van der Waals surface area contributed by atoms with Gasteiger partial charge in [0.25, 0.3) is 0 Å². The second-order valence-electron chi connectivity index (χ2n) is 5.90. The number of ether oxygens (including phenoxy) is 2. The van der Waals surface area contributed by atoms with Crippen molar-refractivity contribution in [3.8, 4) is 11.5 Å². The molecular weight excluding hydrogens is 348 g/mol. The molecule has 0 aliphatic heterocycles. The van der Waals surface area contributed by atoms with Gasteiger partial charge < -0.3 is 9.47 Å². The van der Waals surface area contributed by atoms with Crippen LogP contribution >= 0.6 is 11.8 Å². The molecule has 138 valence electrons. The SMILES string of the molecule is COc1ccc(/C=N\NC(=O)CSCc2cc(C)cc(C)c2)cc1OC. The summed E-state index contributed by atoms with van der Waals surface area (Å²) >= 11 is 1.57. The van der Waals surface area contributed by atoms with Crippen LogP contribution in [0.2, 0.25) is 0 Å². The third-order valence-electron chi connectivity index (χ3n) is 3.59. The van der Waals surface area contributed by atoms with Crippen molar-refractivity contribution in [3.63, 3.8) is 0 Å². The van der Waals surface area contributed by atoms with E-state index in [1.807, 2.05) is 6.07 Å². The Labute approximate surface area is 158 Å². The predicted octanol–water partition coefficient (Wildman–Crippen LogP) is 3.70. The Bertz CT molecular complexity index is 770. The average Bonchev–Trinajstić information content (AvgIpc) is 2.60. The van der Waals surface area contributed by atoms with E-state index in [1.165, 1.54) is 16.7 Å². The highest BCUT2D eigenvalue weighted by atomic mass is 32.2. The van der Waals surface area contributed by atoms with E-state index in [9.17, 15) is 4.79 Å². The first-order chi connectivity index (χ1) is 12.5. The minimum Gasteiger partial charge on any atom is -0.493 e. The maximum absolute atomic E-state index is 11.9. The molecule has 0 aliphatic rings. The molecule has 0 saturated heterocycles. The number of nitrogens with one attached hydrogen (secondary N) is 1. The van der Waals surface area contributed by atoms with E-state index in [0.717, 1.165) is 11.3 Å². The molecule has 0 fully saturated rings. The number of carbonyl (C=O) groups is 1. The second kappa shape index (κ2) is 9.87. The Morgan fingerprint density at radius 2 is 1.77 bits per heavy atom. The van der Waals surface area contributed by atoms with E-state index in [1.54, 1.807) is 44.3 Å². The summed E-state index contributed by atoms with van der Waals surface area (Å²) in [5.41, 5.74) is 7.07. The van der Waals surface area contributed by atoms with E-state index in [-0.39, 0.29) is 5.91 Å². The largest absolute Gasteiger partial charge is 0.493 e. The highest BCUT2D eigenvalue weighted by molar-refractivity contribution is 7.99. The number of hydrogen-bond acceptors (Lipinski definition) is 5. The molecule has 0 radical (unpaired) electrons. The Hall–Kier alpha value is -2.47. The third kappa shape index (κ3) is 6.11. The number of rotatable bonds is 8. The maximum atomic E-state index is 11.9. The summed E-state index contributed by atoms with van der Waals surface area (Å²) in [7, 11) is 3.16. The number of nitrogens with zero attached hydrogens (tertiary/aromatic N) is 1. The third-order valence-corrected chi connectivity index (χ3v) is 4.60. The van der Waals surface area contributed by atoms with Crippen LogP contribution in [0.1, 0.15) is 22.3 Å². The zero-order chi connectivity index (χ0) is 18.9. The van der Waals surface area contributed by atoms with Gasteiger partial charge in [-0.05, 0) is 43.2 Å². The summed E-state index contributed by atoms with van der Waals surface area (Å²) in [4.78, 5) is 11.9. The highest BCUT2D eigenvalue weighted by Gasteiger charge is 2.04. The summed E-state index contributed by atoms with van der Waals surface area (Å²) < 4.78 is 10.4. The van der Waals surface area contributed by atoms with E-state index in [4.69, 9.17) is 9.47 Å². The maximum Gasteiger partial charge on any atom is 0.250 e. The van der Waals surface area contributed by atoms with E-state index < -0.39 is 0 Å². The molecule has 0 unspecified atom stereocenters. The molecule has 1 N–H and O–H groups in total. The highest BCUT2D eigenvalue weighted by Crippen LogP contribution is 2.26. The Kier molecular flexibility index (Phi) is 7.53. The van der Waals surface area contributed by atoms with Crippen LogP contribution in [0.5, 0.6) is 11.5 Å². The van der Waals surface area contributed by atoms with Crippen molar-refractivity contribution in [2.75, 3.05) is 20.0 Å². The molecular formula is C20H24N2O3S. The van der Waals surface area contributed by atoms with Crippen molar-refractivity contribution in [2.24, 2.45) is 5.10 Å². The van der Waals surface area contributed by atoms with Crippen molar-refractivity contribution >= 4 is 23.9 Å². The van der Waals surface area contributed by atoms with Crippen LogP contribution in [-0.4, -0.2) is 32.1 Å². The van der Waals surface area contributed by atoms with Gasteiger partial charge >= 0.3 is 0 Å². The fraction of sp³-hybridized carbons (Fsp3) is 0.300. The van der Waals surface area contributed by atoms with Crippen LogP contribution in [0.15, 0.2) is 41.5 Å². The number of amides is 1. The van der Waals surface area contributed by atoms with Crippen molar-refractivity contribution < 1.29 is 14.3 Å². The Morgan fingerprint density at radius 1 is 1.08 bits per heavy atom. The Morgan fingerprint density at radius 3 is 2.42 bits per heavy atom. The topological polar surface area (TPSA) is 59.9 Å². The first-order valence-electron chi connectivity index (χ1n) is 8.20. The lowest BCUT2D eigenvalue weighted by Crippen LogP contribution is -2.19. The monoisotopic (exact) mass is 372 g/mol. The number of thioether (sulfide) groups is 1. The number of methoxy groups -OCH3 is 2. The van der Waals surface area contributed by atoms with Crippen LogP contribution in [-0.2, 0) is 10.5 Å². The van der Waals surface area contributed by atoms with Gasteiger partial charge in [0.1, 0.15) is 0 Å². The summed E-state index contributed by atoms with van der Waals surface area (Å²) in [6, 6.07) is 11.9. The number of carbonyl (C=O) groups excluding carboxylic acids is 1. The summed E-state index contributed by atoms with van der Waals surface area (Å²) in [6.45, 7) is 4.16. The number of aryl methyl sites for hydroxylation is 2. The molecule has 0 spiro atoms. The first kappa shape index (κ1) is 19.8. The second-order valence-corrected chi connectivity index (χ2v) is 6.88. The van der Waals surface area contributed by atoms with E-state index in [2.05, 4.69) is 42.6 Å². The van der Waals surface area contributed by atoms with Crippen LogP contribution in [0.3, 0.4) is 0 Å². The quantitative estimate of drug-likeness (QED) is 0.567. The van der Waals surface area contributed by atoms with Gasteiger partial charge in [0.2, 0.25) is 5.91 Å². The minimum absolute atomic E-state index is 0.129. The summed E-state index contributed by atoms with van der Waals surface area (Å²) in [6.07, 6.45) is 1.58. The molecule has 2 aromatic rings. The molecule has 5 nitrogen and oxygen atoms in total. The number of hydrogen-bond donors (Lipinski definition) is 1. The van der Waals surface area contributed by atoms with Crippen LogP contribution in [0, 0.1) is 13.8 Å². The van der Waals surface area contributed by atoms with Crippen molar-refractivity contribution in [1.29, 1.82) is 0 Å². The number of hydrazone groups is 1. The normalized spacial score (nSPS) is 10.8. The van der Waals surface area contributed by atoms with Crippen molar-refractivity contribution in [3.05, 3.63) is 58.7 Å². The first-order valence-corrected chi connectivity index (χ1v) is 9.36. The smallest absolute Gasteiger partial charge is 0.250 e. The molecule has 0 heterocycles. The Balaban J connectivity index is 1.80. The zero-order valence-electron chi connectivity index (χ0n) is 15.5. The molecule has 2 rings (SSSR count). The fourth-order valence-electron chi connectivity index (χ4n) is 2.56. The summed E-state index contributed by atoms with van der Waals surface area (Å²) in [5.74, 6) is 2.30. The zero-order valence-corrected chi connectivity index (χ0v) is 16.4. The van der Waals surface area contributed by atoms with Gasteiger partial charge in [0, 0.05) is 5.75 Å². The molecule has 2 aromatic carbocycles. The fourth-order valence-corrected chi connectivity index (χ4v) is 3.31. The molecule has 0 aliphatic carbocycles. The molecule has 1 amide bonds. The molecule has 0 atom stereocenters. The molecule has 0 aromatic heterocycles. The lowest BCUT2D eigenvalue weighted by atomic mass is 10.1. The molecule has 0 saturated carbocycles. The molecule has 6 heteroatoms. The van der Waals surface area contributed by atoms with E-state index >= 15 is 0 Å². The lowest BCUT2D eigenvalue weighted by Gasteiger charge is -2.07. The average molecular weight is 372 g/mol. The number of benzene rings is 2. The van der Waals surface area contributed by atoms with Gasteiger partial charge in [-0.1, -0.05) is 29.3 Å². The molecule has 26 heavy (non-hydrogen) atoms. The van der Waals surface area contributed by atoms with Gasteiger partial charge in [-0.15, -0.1) is 11.8 Å². The van der Waals surface area contributed by atoms with Crippen LogP contribution in [0.25, 0.3) is 0 Å². The van der Waals surface area contributed by atoms with E-state index in [0.29, 0.717) is 17.3 Å². The van der Waals surface area contributed by atoms with Gasteiger partial charge in [0.15, 0.2) is 11.5 Å². The van der Waals surface area contributed by atoms with Gasteiger partial charge in [-0.3, -0.25) is 4.79 Å². The van der Waals surface area contributed by atoms with Crippen molar-refractivity contribution in [1.82, 2.24) is 5.43 Å². The van der Waals surface area contributed by atoms with Crippen molar-refractivity contribution in [2.45, 2.75) is 19.6 Å². The minimum atomic E-state index is -0.129. The molecule has 0 bridgehead atoms. The van der Waals surface area contributed by atoms with Gasteiger partial charge in [-0.25, -0.2) is 5.43 Å².